The first-order chi connectivity index (χ1) is 7.25. The van der Waals surface area contributed by atoms with E-state index in [2.05, 4.69) is 15.6 Å². The van der Waals surface area contributed by atoms with E-state index in [1.165, 1.54) is 0 Å². The van der Waals surface area contributed by atoms with Gasteiger partial charge in [0.1, 0.15) is 0 Å². The number of carbonyl (C=O) groups excluding carboxylic acids is 1. The molecule has 1 aliphatic heterocycles. The Labute approximate surface area is 89.5 Å². The number of aliphatic imine (C=N–C) groups is 1. The second kappa shape index (κ2) is 4.51. The van der Waals surface area contributed by atoms with Gasteiger partial charge in [0.25, 0.3) is 0 Å². The van der Waals surface area contributed by atoms with Gasteiger partial charge in [-0.2, -0.15) is 0 Å². The number of hydrogen-bond donors (Lipinski definition) is 3. The molecule has 0 aromatic heterocycles. The van der Waals surface area contributed by atoms with Crippen LogP contribution in [0, 0.1) is 5.92 Å². The Balaban J connectivity index is 1.75. The number of guanidine groups is 1. The molecule has 0 aromatic rings. The molecule has 0 saturated heterocycles. The maximum absolute atomic E-state index is 11.0. The molecule has 5 heteroatoms. The summed E-state index contributed by atoms with van der Waals surface area (Å²) in [4.78, 5) is 15.3. The quantitative estimate of drug-likeness (QED) is 0.579. The van der Waals surface area contributed by atoms with E-state index in [0.717, 1.165) is 44.7 Å². The van der Waals surface area contributed by atoms with Gasteiger partial charge < -0.3 is 16.4 Å². The predicted molar refractivity (Wildman–Crippen MR) is 58.4 cm³/mol. The highest BCUT2D eigenvalue weighted by Crippen LogP contribution is 2.23. The summed E-state index contributed by atoms with van der Waals surface area (Å²) in [5.41, 5.74) is 5.28. The molecular formula is C10H18N4O. The fourth-order valence-corrected chi connectivity index (χ4v) is 2.21. The van der Waals surface area contributed by atoms with Crippen molar-refractivity contribution in [3.63, 3.8) is 0 Å². The summed E-state index contributed by atoms with van der Waals surface area (Å²) in [7, 11) is 0. The van der Waals surface area contributed by atoms with Crippen molar-refractivity contribution in [2.24, 2.45) is 16.6 Å². The normalized spacial score (nSPS) is 30.5. The molecule has 0 spiro atoms. The highest BCUT2D eigenvalue weighted by Gasteiger charge is 2.25. The number of nitrogens with one attached hydrogen (secondary N) is 2. The van der Waals surface area contributed by atoms with Gasteiger partial charge in [0, 0.05) is 18.5 Å². The minimum atomic E-state index is -0.148. The van der Waals surface area contributed by atoms with Crippen molar-refractivity contribution in [1.29, 1.82) is 0 Å². The van der Waals surface area contributed by atoms with E-state index in [1.54, 1.807) is 0 Å². The molecule has 1 heterocycles. The summed E-state index contributed by atoms with van der Waals surface area (Å²) in [5, 5.41) is 6.55. The van der Waals surface area contributed by atoms with Crippen LogP contribution in [0.5, 0.6) is 0 Å². The van der Waals surface area contributed by atoms with Crippen molar-refractivity contribution in [3.8, 4) is 0 Å². The molecule has 2 rings (SSSR count). The Bertz CT molecular complexity index is 269. The van der Waals surface area contributed by atoms with Crippen LogP contribution >= 0.6 is 0 Å². The van der Waals surface area contributed by atoms with Crippen LogP contribution in [0.1, 0.15) is 25.7 Å². The molecule has 0 unspecified atom stereocenters. The lowest BCUT2D eigenvalue weighted by Crippen LogP contribution is -2.43. The van der Waals surface area contributed by atoms with Crippen LogP contribution in [0.4, 0.5) is 0 Å². The van der Waals surface area contributed by atoms with Gasteiger partial charge in [0.2, 0.25) is 5.91 Å². The molecule has 0 aromatic carbocycles. The van der Waals surface area contributed by atoms with Gasteiger partial charge >= 0.3 is 0 Å². The maximum atomic E-state index is 11.0. The molecule has 1 amide bonds. The van der Waals surface area contributed by atoms with Gasteiger partial charge in [-0.25, -0.2) is 0 Å². The fourth-order valence-electron chi connectivity index (χ4n) is 2.21. The van der Waals surface area contributed by atoms with E-state index < -0.39 is 0 Å². The lowest BCUT2D eigenvalue weighted by atomic mass is 9.86. The first kappa shape index (κ1) is 10.3. The number of nitrogens with two attached hydrogens (primary N) is 1. The second-order valence-electron chi connectivity index (χ2n) is 4.25. The Hall–Kier alpha value is -1.26. The van der Waals surface area contributed by atoms with Gasteiger partial charge in [0.15, 0.2) is 5.96 Å². The maximum Gasteiger partial charge on any atom is 0.220 e. The highest BCUT2D eigenvalue weighted by atomic mass is 16.1. The fraction of sp³-hybridized carbons (Fsp3) is 0.800. The summed E-state index contributed by atoms with van der Waals surface area (Å²) in [6.07, 6.45) is 3.82. The molecule has 2 aliphatic rings. The zero-order chi connectivity index (χ0) is 10.7. The van der Waals surface area contributed by atoms with Crippen LogP contribution in [0.25, 0.3) is 0 Å². The smallest absolute Gasteiger partial charge is 0.220 e. The van der Waals surface area contributed by atoms with E-state index in [1.807, 2.05) is 0 Å². The van der Waals surface area contributed by atoms with Gasteiger partial charge in [-0.05, 0) is 25.7 Å². The third-order valence-corrected chi connectivity index (χ3v) is 3.14. The van der Waals surface area contributed by atoms with E-state index >= 15 is 0 Å². The average molecular weight is 210 g/mol. The highest BCUT2D eigenvalue weighted by molar-refractivity contribution is 5.81. The van der Waals surface area contributed by atoms with Crippen LogP contribution < -0.4 is 16.4 Å². The first-order valence-corrected chi connectivity index (χ1v) is 5.60. The molecule has 15 heavy (non-hydrogen) atoms. The SMILES string of the molecule is NC(=O)C1CCC(NC2=NCCN2)CC1. The third kappa shape index (κ3) is 2.61. The van der Waals surface area contributed by atoms with E-state index in [4.69, 9.17) is 5.73 Å². The molecule has 1 aliphatic carbocycles. The zero-order valence-corrected chi connectivity index (χ0v) is 8.83. The molecular weight excluding hydrogens is 192 g/mol. The molecule has 1 fully saturated rings. The van der Waals surface area contributed by atoms with Crippen LogP contribution in [0.2, 0.25) is 0 Å². The van der Waals surface area contributed by atoms with Crippen molar-refractivity contribution < 1.29 is 4.79 Å². The molecule has 0 bridgehead atoms. The van der Waals surface area contributed by atoms with E-state index in [0.29, 0.717) is 6.04 Å². The lowest BCUT2D eigenvalue weighted by Gasteiger charge is -2.27. The molecule has 1 saturated carbocycles. The molecule has 0 radical (unpaired) electrons. The van der Waals surface area contributed by atoms with Gasteiger partial charge in [-0.1, -0.05) is 0 Å². The van der Waals surface area contributed by atoms with Gasteiger partial charge in [-0.3, -0.25) is 9.79 Å². The number of amides is 1. The third-order valence-electron chi connectivity index (χ3n) is 3.14. The molecule has 4 N–H and O–H groups in total. The van der Waals surface area contributed by atoms with Crippen molar-refractivity contribution >= 4 is 11.9 Å². The Morgan fingerprint density at radius 1 is 1.40 bits per heavy atom. The minimum absolute atomic E-state index is 0.0847. The van der Waals surface area contributed by atoms with Crippen LogP contribution in [0.3, 0.4) is 0 Å². The standard InChI is InChI=1S/C10H18N4O/c11-9(15)7-1-3-8(4-2-7)14-10-12-5-6-13-10/h7-8H,1-6H2,(H2,11,15)(H2,12,13,14). The number of nitrogens with zero attached hydrogens (tertiary/aromatic N) is 1. The monoisotopic (exact) mass is 210 g/mol. The van der Waals surface area contributed by atoms with Crippen molar-refractivity contribution in [1.82, 2.24) is 10.6 Å². The Kier molecular flexibility index (Phi) is 3.08. The van der Waals surface area contributed by atoms with Crippen LogP contribution in [-0.2, 0) is 4.79 Å². The average Bonchev–Trinajstić information content (AvgIpc) is 2.71. The molecule has 0 atom stereocenters. The summed E-state index contributed by atoms with van der Waals surface area (Å²) in [6, 6.07) is 0.449. The second-order valence-corrected chi connectivity index (χ2v) is 4.25. The summed E-state index contributed by atoms with van der Waals surface area (Å²) in [6.45, 7) is 1.79. The van der Waals surface area contributed by atoms with Crippen molar-refractivity contribution in [2.45, 2.75) is 31.7 Å². The largest absolute Gasteiger partial charge is 0.369 e. The summed E-state index contributed by atoms with van der Waals surface area (Å²) in [5.74, 6) is 0.851. The van der Waals surface area contributed by atoms with Crippen molar-refractivity contribution in [2.75, 3.05) is 13.1 Å². The predicted octanol–water partition coefficient (Wildman–Crippen LogP) is -0.421. The number of carbonyl (C=O) groups is 1. The van der Waals surface area contributed by atoms with Crippen LogP contribution in [0.15, 0.2) is 4.99 Å². The van der Waals surface area contributed by atoms with Crippen LogP contribution in [-0.4, -0.2) is 31.0 Å². The Morgan fingerprint density at radius 2 is 2.13 bits per heavy atom. The van der Waals surface area contributed by atoms with Gasteiger partial charge in [0.05, 0.1) is 6.54 Å². The minimum Gasteiger partial charge on any atom is -0.369 e. The van der Waals surface area contributed by atoms with Crippen molar-refractivity contribution in [3.05, 3.63) is 0 Å². The zero-order valence-electron chi connectivity index (χ0n) is 8.83. The number of hydrogen-bond acceptors (Lipinski definition) is 4. The summed E-state index contributed by atoms with van der Waals surface area (Å²) < 4.78 is 0. The van der Waals surface area contributed by atoms with E-state index in [9.17, 15) is 4.79 Å². The topological polar surface area (TPSA) is 79.5 Å². The molecule has 5 nitrogen and oxygen atoms in total. The Morgan fingerprint density at radius 3 is 2.67 bits per heavy atom. The first-order valence-electron chi connectivity index (χ1n) is 5.60. The molecule has 84 valence electrons. The summed E-state index contributed by atoms with van der Waals surface area (Å²) >= 11 is 0. The number of primary amides is 1. The van der Waals surface area contributed by atoms with Gasteiger partial charge in [-0.15, -0.1) is 0 Å². The van der Waals surface area contributed by atoms with E-state index in [-0.39, 0.29) is 11.8 Å². The number of rotatable bonds is 2. The lowest BCUT2D eigenvalue weighted by molar-refractivity contribution is -0.122.